The summed E-state index contributed by atoms with van der Waals surface area (Å²) in [5.41, 5.74) is 6.33. The van der Waals surface area contributed by atoms with Crippen molar-refractivity contribution in [3.63, 3.8) is 0 Å². The summed E-state index contributed by atoms with van der Waals surface area (Å²) in [6.45, 7) is 3.73. The van der Waals surface area contributed by atoms with Gasteiger partial charge in [0.25, 0.3) is 0 Å². The number of piperidine rings is 1. The van der Waals surface area contributed by atoms with Crippen LogP contribution in [0.15, 0.2) is 55.0 Å². The molecule has 0 unspecified atom stereocenters. The number of hydrogen-bond donors (Lipinski definition) is 0. The van der Waals surface area contributed by atoms with Gasteiger partial charge in [-0.1, -0.05) is 49.6 Å². The highest BCUT2D eigenvalue weighted by molar-refractivity contribution is 5.63. The Morgan fingerprint density at radius 1 is 0.970 bits per heavy atom. The highest BCUT2D eigenvalue weighted by Crippen LogP contribution is 2.34. The maximum Gasteiger partial charge on any atom is 0.0968 e. The molecule has 33 heavy (non-hydrogen) atoms. The van der Waals surface area contributed by atoms with Gasteiger partial charge in [0.1, 0.15) is 0 Å². The second-order valence-electron chi connectivity index (χ2n) is 9.78. The van der Waals surface area contributed by atoms with E-state index in [9.17, 15) is 0 Å². The molecular weight excluding hydrogens is 408 g/mol. The van der Waals surface area contributed by atoms with Gasteiger partial charge < -0.3 is 4.74 Å². The van der Waals surface area contributed by atoms with Gasteiger partial charge in [-0.25, -0.2) is 0 Å². The first-order valence-corrected chi connectivity index (χ1v) is 12.6. The molecule has 5 nitrogen and oxygen atoms in total. The molecule has 5 heteroatoms. The molecule has 0 bridgehead atoms. The molecule has 1 aliphatic carbocycles. The van der Waals surface area contributed by atoms with Crippen LogP contribution < -0.4 is 0 Å². The molecule has 0 amide bonds. The molecular formula is C28H36N4O. The first kappa shape index (κ1) is 22.3. The minimum absolute atomic E-state index is 0.335. The Labute approximate surface area is 197 Å². The number of ether oxygens (including phenoxy) is 1. The summed E-state index contributed by atoms with van der Waals surface area (Å²) in [5, 5.41) is 4.83. The number of likely N-dealkylation sites (tertiary alicyclic amines) is 1. The molecule has 174 valence electrons. The van der Waals surface area contributed by atoms with Gasteiger partial charge in [-0.15, -0.1) is 0 Å². The molecule has 3 aromatic rings. The third-order valence-corrected chi connectivity index (χ3v) is 7.30. The van der Waals surface area contributed by atoms with Gasteiger partial charge >= 0.3 is 0 Å². The van der Waals surface area contributed by atoms with Crippen LogP contribution in [-0.2, 0) is 24.9 Å². The normalized spacial score (nSPS) is 18.6. The average Bonchev–Trinajstić information content (AvgIpc) is 3.24. The van der Waals surface area contributed by atoms with Crippen LogP contribution in [0.2, 0.25) is 0 Å². The second kappa shape index (κ2) is 10.6. The fraction of sp³-hybridized carbons (Fsp3) is 0.500. The highest BCUT2D eigenvalue weighted by Gasteiger charge is 2.22. The van der Waals surface area contributed by atoms with Crippen LogP contribution >= 0.6 is 0 Å². The van der Waals surface area contributed by atoms with Crippen molar-refractivity contribution in [3.05, 3.63) is 71.7 Å². The number of rotatable bonds is 7. The van der Waals surface area contributed by atoms with Gasteiger partial charge in [-0.05, 0) is 48.8 Å². The molecule has 1 aromatic carbocycles. The van der Waals surface area contributed by atoms with Gasteiger partial charge in [0.05, 0.1) is 18.4 Å². The van der Waals surface area contributed by atoms with Crippen molar-refractivity contribution in [1.82, 2.24) is 19.7 Å². The predicted octanol–water partition coefficient (Wildman–Crippen LogP) is 5.71. The van der Waals surface area contributed by atoms with Crippen LogP contribution in [0.1, 0.15) is 67.6 Å². The lowest BCUT2D eigenvalue weighted by Crippen LogP contribution is -2.36. The van der Waals surface area contributed by atoms with Gasteiger partial charge in [0, 0.05) is 56.4 Å². The molecule has 0 spiro atoms. The summed E-state index contributed by atoms with van der Waals surface area (Å²) in [4.78, 5) is 6.72. The van der Waals surface area contributed by atoms with E-state index in [0.29, 0.717) is 12.7 Å². The van der Waals surface area contributed by atoms with Crippen LogP contribution in [-0.4, -0.2) is 38.9 Å². The number of aryl methyl sites for hydroxylation is 1. The Bertz CT molecular complexity index is 1000. The zero-order valence-corrected chi connectivity index (χ0v) is 19.8. The monoisotopic (exact) mass is 444 g/mol. The standard InChI is InChI=1S/C28H36N4O/c1-31-19-26(20-32-16-13-27(14-17-32)33-21-22-6-5-15-29-18-22)28(30-31)25-11-9-24(10-12-25)23-7-3-2-4-8-23/h5-6,9-12,15,18-19,23,27H,2-4,7-8,13-14,16-17,20-21H2,1H3. The summed E-state index contributed by atoms with van der Waals surface area (Å²) >= 11 is 0. The Balaban J connectivity index is 1.17. The summed E-state index contributed by atoms with van der Waals surface area (Å²) in [7, 11) is 2.03. The summed E-state index contributed by atoms with van der Waals surface area (Å²) in [6, 6.07) is 13.3. The second-order valence-corrected chi connectivity index (χ2v) is 9.78. The number of hydrogen-bond acceptors (Lipinski definition) is 4. The van der Waals surface area contributed by atoms with Crippen molar-refractivity contribution in [2.24, 2.45) is 7.05 Å². The molecule has 0 atom stereocenters. The average molecular weight is 445 g/mol. The van der Waals surface area contributed by atoms with E-state index in [0.717, 1.165) is 49.7 Å². The van der Waals surface area contributed by atoms with E-state index in [-0.39, 0.29) is 0 Å². The molecule has 0 radical (unpaired) electrons. The first-order valence-electron chi connectivity index (χ1n) is 12.6. The fourth-order valence-electron chi connectivity index (χ4n) is 5.42. The predicted molar refractivity (Wildman–Crippen MR) is 132 cm³/mol. The summed E-state index contributed by atoms with van der Waals surface area (Å²) in [6.07, 6.45) is 15.2. The Hall–Kier alpha value is -2.50. The lowest BCUT2D eigenvalue weighted by atomic mass is 9.84. The maximum atomic E-state index is 6.14. The van der Waals surface area contributed by atoms with E-state index in [2.05, 4.69) is 46.4 Å². The van der Waals surface area contributed by atoms with Gasteiger partial charge in [0.15, 0.2) is 0 Å². The smallest absolute Gasteiger partial charge is 0.0968 e. The molecule has 3 heterocycles. The van der Waals surface area contributed by atoms with Crippen LogP contribution in [0, 0.1) is 0 Å². The van der Waals surface area contributed by atoms with Crippen molar-refractivity contribution >= 4 is 0 Å². The van der Waals surface area contributed by atoms with Gasteiger partial charge in [0.2, 0.25) is 0 Å². The summed E-state index contributed by atoms with van der Waals surface area (Å²) < 4.78 is 8.10. The Morgan fingerprint density at radius 3 is 2.48 bits per heavy atom. The Morgan fingerprint density at radius 2 is 1.76 bits per heavy atom. The van der Waals surface area contributed by atoms with Crippen molar-refractivity contribution in [3.8, 4) is 11.3 Å². The molecule has 2 aliphatic rings. The first-order chi connectivity index (χ1) is 16.2. The molecule has 2 aromatic heterocycles. The van der Waals surface area contributed by atoms with Gasteiger partial charge in [-0.2, -0.15) is 5.10 Å². The molecule has 1 aliphatic heterocycles. The van der Waals surface area contributed by atoms with E-state index in [1.54, 1.807) is 6.20 Å². The minimum Gasteiger partial charge on any atom is -0.373 e. The van der Waals surface area contributed by atoms with Crippen LogP contribution in [0.3, 0.4) is 0 Å². The van der Waals surface area contributed by atoms with E-state index in [4.69, 9.17) is 9.84 Å². The Kier molecular flexibility index (Phi) is 7.18. The zero-order chi connectivity index (χ0) is 22.5. The van der Waals surface area contributed by atoms with Crippen molar-refractivity contribution < 1.29 is 4.74 Å². The van der Waals surface area contributed by atoms with Crippen molar-refractivity contribution in [2.75, 3.05) is 13.1 Å². The number of aromatic nitrogens is 3. The highest BCUT2D eigenvalue weighted by atomic mass is 16.5. The maximum absolute atomic E-state index is 6.14. The van der Waals surface area contributed by atoms with Crippen molar-refractivity contribution in [2.45, 2.75) is 70.1 Å². The largest absolute Gasteiger partial charge is 0.373 e. The SMILES string of the molecule is Cn1cc(CN2CCC(OCc3cccnc3)CC2)c(-c2ccc(C3CCCCC3)cc2)n1. The van der Waals surface area contributed by atoms with Crippen LogP contribution in [0.4, 0.5) is 0 Å². The quantitative estimate of drug-likeness (QED) is 0.468. The zero-order valence-electron chi connectivity index (χ0n) is 19.8. The van der Waals surface area contributed by atoms with E-state index >= 15 is 0 Å². The van der Waals surface area contributed by atoms with Crippen LogP contribution in [0.5, 0.6) is 0 Å². The van der Waals surface area contributed by atoms with E-state index in [1.807, 2.05) is 24.0 Å². The minimum atomic E-state index is 0.335. The topological polar surface area (TPSA) is 43.2 Å². The third-order valence-electron chi connectivity index (χ3n) is 7.30. The van der Waals surface area contributed by atoms with Crippen LogP contribution in [0.25, 0.3) is 11.3 Å². The lowest BCUT2D eigenvalue weighted by Gasteiger charge is -2.31. The molecule has 1 saturated heterocycles. The third kappa shape index (κ3) is 5.71. The van der Waals surface area contributed by atoms with Crippen molar-refractivity contribution in [1.29, 1.82) is 0 Å². The van der Waals surface area contributed by atoms with E-state index < -0.39 is 0 Å². The fourth-order valence-corrected chi connectivity index (χ4v) is 5.42. The van der Waals surface area contributed by atoms with Gasteiger partial charge in [-0.3, -0.25) is 14.6 Å². The summed E-state index contributed by atoms with van der Waals surface area (Å²) in [5.74, 6) is 0.748. The van der Waals surface area contributed by atoms with E-state index in [1.165, 1.54) is 48.8 Å². The molecule has 5 rings (SSSR count). The number of nitrogens with zero attached hydrogens (tertiary/aromatic N) is 4. The lowest BCUT2D eigenvalue weighted by molar-refractivity contribution is -0.00401. The number of pyridine rings is 1. The molecule has 1 saturated carbocycles. The molecule has 2 fully saturated rings. The number of benzene rings is 1. The molecule has 0 N–H and O–H groups in total.